The van der Waals surface area contributed by atoms with Crippen molar-refractivity contribution in [3.8, 4) is 0 Å². The summed E-state index contributed by atoms with van der Waals surface area (Å²) in [5, 5.41) is 0. The molecule has 0 spiro atoms. The topological polar surface area (TPSA) is 26.0 Å². The van der Waals surface area contributed by atoms with Crippen molar-refractivity contribution in [2.45, 2.75) is 18.4 Å². The molecule has 0 aliphatic heterocycles. The highest BCUT2D eigenvalue weighted by Gasteiger charge is 2.36. The van der Waals surface area contributed by atoms with Crippen LogP contribution < -0.4 is 5.73 Å². The van der Waals surface area contributed by atoms with E-state index in [1.165, 1.54) is 5.56 Å². The fraction of sp³-hybridized carbons (Fsp3) is 0.143. The molecule has 2 heteroatoms. The van der Waals surface area contributed by atoms with E-state index in [0.29, 0.717) is 0 Å². The molecule has 2 N–H and O–H groups in total. The van der Waals surface area contributed by atoms with Gasteiger partial charge in [0.1, 0.15) is 0 Å². The molecular weight excluding hydrogens is 302 g/mol. The van der Waals surface area contributed by atoms with Crippen LogP contribution in [0.5, 0.6) is 0 Å². The summed E-state index contributed by atoms with van der Waals surface area (Å²) in [5.74, 6) is 0.165. The number of hydrogen-bond acceptors (Lipinski definition) is 1. The van der Waals surface area contributed by atoms with Crippen LogP contribution in [0, 0.1) is 0 Å². The van der Waals surface area contributed by atoms with Crippen LogP contribution in [0.4, 0.5) is 0 Å². The fourth-order valence-electron chi connectivity index (χ4n) is 3.10. The Kier molecular flexibility index (Phi) is 5.59. The Morgan fingerprint density at radius 2 is 1.00 bits per heavy atom. The second-order valence-electron chi connectivity index (χ2n) is 5.73. The highest BCUT2D eigenvalue weighted by Crippen LogP contribution is 2.39. The highest BCUT2D eigenvalue weighted by molar-refractivity contribution is 5.85. The first kappa shape index (κ1) is 17.3. The monoisotopic (exact) mass is 323 g/mol. The van der Waals surface area contributed by atoms with Gasteiger partial charge in [-0.05, 0) is 16.7 Å². The van der Waals surface area contributed by atoms with Gasteiger partial charge in [-0.3, -0.25) is 0 Å². The van der Waals surface area contributed by atoms with E-state index in [2.05, 4.69) is 79.7 Å². The van der Waals surface area contributed by atoms with Gasteiger partial charge in [-0.2, -0.15) is 0 Å². The van der Waals surface area contributed by atoms with Crippen molar-refractivity contribution in [2.24, 2.45) is 5.73 Å². The molecule has 0 radical (unpaired) electrons. The van der Waals surface area contributed by atoms with Gasteiger partial charge in [0, 0.05) is 5.92 Å². The first-order valence-electron chi connectivity index (χ1n) is 7.68. The minimum atomic E-state index is -0.552. The van der Waals surface area contributed by atoms with Crippen LogP contribution in [0.15, 0.2) is 91.0 Å². The van der Waals surface area contributed by atoms with Gasteiger partial charge in [0.2, 0.25) is 0 Å². The molecule has 3 rings (SSSR count). The lowest BCUT2D eigenvalue weighted by molar-refractivity contribution is 0.448. The van der Waals surface area contributed by atoms with E-state index in [1.807, 2.05) is 18.2 Å². The zero-order valence-electron chi connectivity index (χ0n) is 13.2. The molecule has 0 amide bonds. The third-order valence-corrected chi connectivity index (χ3v) is 4.49. The zero-order chi connectivity index (χ0) is 15.4. The van der Waals surface area contributed by atoms with Crippen LogP contribution in [0.1, 0.15) is 29.5 Å². The standard InChI is InChI=1S/C21H21N.ClH/c1-17(18-11-5-2-6-12-18)21(22,19-13-7-3-8-14-19)20-15-9-4-10-16-20;/h2-17H,22H2,1H3;1H. The van der Waals surface area contributed by atoms with Crippen molar-refractivity contribution in [3.05, 3.63) is 108 Å². The van der Waals surface area contributed by atoms with Gasteiger partial charge in [0.05, 0.1) is 5.54 Å². The number of hydrogen-bond donors (Lipinski definition) is 1. The average Bonchev–Trinajstić information content (AvgIpc) is 2.62. The molecule has 0 saturated heterocycles. The SMILES string of the molecule is CC(c1ccccc1)C(N)(c1ccccc1)c1ccccc1.Cl. The summed E-state index contributed by atoms with van der Waals surface area (Å²) in [5.41, 5.74) is 9.99. The fourth-order valence-corrected chi connectivity index (χ4v) is 3.10. The molecule has 0 aliphatic rings. The average molecular weight is 324 g/mol. The van der Waals surface area contributed by atoms with Crippen LogP contribution in [-0.2, 0) is 5.54 Å². The summed E-state index contributed by atoms with van der Waals surface area (Å²) in [6.45, 7) is 2.20. The van der Waals surface area contributed by atoms with Crippen LogP contribution in [-0.4, -0.2) is 0 Å². The van der Waals surface area contributed by atoms with E-state index in [4.69, 9.17) is 5.73 Å². The summed E-state index contributed by atoms with van der Waals surface area (Å²) in [7, 11) is 0. The molecular formula is C21H22ClN. The van der Waals surface area contributed by atoms with E-state index in [-0.39, 0.29) is 18.3 Å². The molecule has 0 saturated carbocycles. The molecule has 0 bridgehead atoms. The van der Waals surface area contributed by atoms with Gasteiger partial charge in [0.25, 0.3) is 0 Å². The molecule has 118 valence electrons. The van der Waals surface area contributed by atoms with Crippen molar-refractivity contribution in [3.63, 3.8) is 0 Å². The molecule has 3 aromatic carbocycles. The number of benzene rings is 3. The Labute approximate surface area is 144 Å². The van der Waals surface area contributed by atoms with Crippen molar-refractivity contribution in [2.75, 3.05) is 0 Å². The summed E-state index contributed by atoms with van der Waals surface area (Å²) in [4.78, 5) is 0. The van der Waals surface area contributed by atoms with Gasteiger partial charge >= 0.3 is 0 Å². The summed E-state index contributed by atoms with van der Waals surface area (Å²) < 4.78 is 0. The van der Waals surface area contributed by atoms with Crippen molar-refractivity contribution >= 4 is 12.4 Å². The van der Waals surface area contributed by atoms with E-state index in [9.17, 15) is 0 Å². The van der Waals surface area contributed by atoms with Crippen LogP contribution >= 0.6 is 12.4 Å². The molecule has 23 heavy (non-hydrogen) atoms. The quantitative estimate of drug-likeness (QED) is 0.709. The maximum absolute atomic E-state index is 7.02. The second kappa shape index (κ2) is 7.45. The molecule has 0 aliphatic carbocycles. The smallest absolute Gasteiger partial charge is 0.0732 e. The minimum absolute atomic E-state index is 0. The molecule has 0 aromatic heterocycles. The number of halogens is 1. The first-order chi connectivity index (χ1) is 10.7. The Bertz CT molecular complexity index is 671. The molecule has 1 nitrogen and oxygen atoms in total. The van der Waals surface area contributed by atoms with E-state index in [0.717, 1.165) is 11.1 Å². The molecule has 1 unspecified atom stereocenters. The minimum Gasteiger partial charge on any atom is -0.317 e. The number of nitrogens with two attached hydrogens (primary N) is 1. The first-order valence-corrected chi connectivity index (χ1v) is 7.68. The van der Waals surface area contributed by atoms with E-state index < -0.39 is 5.54 Å². The van der Waals surface area contributed by atoms with Crippen LogP contribution in [0.25, 0.3) is 0 Å². The largest absolute Gasteiger partial charge is 0.317 e. The predicted octanol–water partition coefficient (Wildman–Crippen LogP) is 5.11. The van der Waals surface area contributed by atoms with Crippen LogP contribution in [0.3, 0.4) is 0 Å². The summed E-state index contributed by atoms with van der Waals surface area (Å²) in [6, 6.07) is 31.2. The second-order valence-corrected chi connectivity index (χ2v) is 5.73. The highest BCUT2D eigenvalue weighted by atomic mass is 35.5. The predicted molar refractivity (Wildman–Crippen MR) is 100.0 cm³/mol. The van der Waals surface area contributed by atoms with E-state index >= 15 is 0 Å². The lowest BCUT2D eigenvalue weighted by Crippen LogP contribution is -2.43. The normalized spacial score (nSPS) is 12.3. The summed E-state index contributed by atoms with van der Waals surface area (Å²) >= 11 is 0. The third-order valence-electron chi connectivity index (χ3n) is 4.49. The van der Waals surface area contributed by atoms with Gasteiger partial charge < -0.3 is 5.73 Å². The maximum Gasteiger partial charge on any atom is 0.0732 e. The molecule has 3 aromatic rings. The van der Waals surface area contributed by atoms with Crippen molar-refractivity contribution < 1.29 is 0 Å². The zero-order valence-corrected chi connectivity index (χ0v) is 14.0. The Balaban J connectivity index is 0.00000192. The Morgan fingerprint density at radius 1 is 0.652 bits per heavy atom. The molecule has 1 atom stereocenters. The lowest BCUT2D eigenvalue weighted by atomic mass is 9.72. The van der Waals surface area contributed by atoms with Gasteiger partial charge in [-0.1, -0.05) is 97.9 Å². The third kappa shape index (κ3) is 3.31. The maximum atomic E-state index is 7.02. The lowest BCUT2D eigenvalue weighted by Gasteiger charge is -2.37. The summed E-state index contributed by atoms with van der Waals surface area (Å²) in [6.07, 6.45) is 0. The molecule has 0 fully saturated rings. The van der Waals surface area contributed by atoms with Crippen LogP contribution in [0.2, 0.25) is 0 Å². The Hall–Kier alpha value is -2.09. The van der Waals surface area contributed by atoms with Crippen molar-refractivity contribution in [1.82, 2.24) is 0 Å². The van der Waals surface area contributed by atoms with Gasteiger partial charge in [0.15, 0.2) is 0 Å². The number of rotatable bonds is 4. The van der Waals surface area contributed by atoms with E-state index in [1.54, 1.807) is 0 Å². The molecule has 0 heterocycles. The van der Waals surface area contributed by atoms with Crippen molar-refractivity contribution in [1.29, 1.82) is 0 Å². The van der Waals surface area contributed by atoms with Gasteiger partial charge in [-0.25, -0.2) is 0 Å². The van der Waals surface area contributed by atoms with Gasteiger partial charge in [-0.15, -0.1) is 12.4 Å². The Morgan fingerprint density at radius 3 is 1.39 bits per heavy atom.